The van der Waals surface area contributed by atoms with Crippen LogP contribution in [0, 0.1) is 0 Å². The molecule has 0 atom stereocenters. The quantitative estimate of drug-likeness (QED) is 0.378. The Morgan fingerprint density at radius 2 is 2.00 bits per heavy atom. The van der Waals surface area contributed by atoms with Crippen LogP contribution in [-0.4, -0.2) is 19.0 Å². The van der Waals surface area contributed by atoms with Crippen LogP contribution in [0.4, 0.5) is 0 Å². The van der Waals surface area contributed by atoms with Gasteiger partial charge in [0.05, 0.1) is 7.11 Å². The van der Waals surface area contributed by atoms with E-state index in [4.69, 9.17) is 0 Å². The van der Waals surface area contributed by atoms with E-state index in [9.17, 15) is 9.59 Å². The van der Waals surface area contributed by atoms with Crippen molar-refractivity contribution in [2.45, 2.75) is 26.7 Å². The number of esters is 2. The van der Waals surface area contributed by atoms with E-state index in [1.54, 1.807) is 6.08 Å². The zero-order valence-corrected chi connectivity index (χ0v) is 8.12. The van der Waals surface area contributed by atoms with Gasteiger partial charge in [0.25, 0.3) is 0 Å². The van der Waals surface area contributed by atoms with Crippen molar-refractivity contribution in [3.05, 3.63) is 11.8 Å². The molecule has 0 aromatic heterocycles. The Kier molecular flexibility index (Phi) is 5.59. The summed E-state index contributed by atoms with van der Waals surface area (Å²) in [4.78, 5) is 21.6. The highest BCUT2D eigenvalue weighted by atomic mass is 16.6. The van der Waals surface area contributed by atoms with Gasteiger partial charge in [-0.3, -0.25) is 4.79 Å². The first-order chi connectivity index (χ1) is 6.11. The predicted octanol–water partition coefficient (Wildman–Crippen LogP) is 1.41. The fourth-order valence-corrected chi connectivity index (χ4v) is 0.698. The maximum atomic E-state index is 11.0. The molecule has 0 bridgehead atoms. The van der Waals surface area contributed by atoms with Crippen molar-refractivity contribution in [2.24, 2.45) is 0 Å². The fourth-order valence-electron chi connectivity index (χ4n) is 0.698. The number of ether oxygens (including phenoxy) is 2. The van der Waals surface area contributed by atoms with Gasteiger partial charge in [-0.15, -0.1) is 0 Å². The van der Waals surface area contributed by atoms with E-state index in [1.165, 1.54) is 14.0 Å². The van der Waals surface area contributed by atoms with Crippen LogP contribution < -0.4 is 0 Å². The summed E-state index contributed by atoms with van der Waals surface area (Å²) < 4.78 is 9.08. The number of hydrogen-bond acceptors (Lipinski definition) is 4. The number of allylic oxidation sites excluding steroid dienone is 1. The summed E-state index contributed by atoms with van der Waals surface area (Å²) in [6.07, 6.45) is 3.10. The number of unbranched alkanes of at least 4 members (excludes halogenated alkanes) is 1. The highest BCUT2D eigenvalue weighted by molar-refractivity contribution is 5.89. The topological polar surface area (TPSA) is 52.6 Å². The van der Waals surface area contributed by atoms with Crippen molar-refractivity contribution in [3.8, 4) is 0 Å². The minimum atomic E-state index is -0.622. The van der Waals surface area contributed by atoms with Crippen LogP contribution >= 0.6 is 0 Å². The van der Waals surface area contributed by atoms with Crippen molar-refractivity contribution in [3.63, 3.8) is 0 Å². The van der Waals surface area contributed by atoms with Crippen molar-refractivity contribution < 1.29 is 19.1 Å². The Morgan fingerprint density at radius 1 is 1.38 bits per heavy atom. The van der Waals surface area contributed by atoms with E-state index in [0.717, 1.165) is 6.42 Å². The molecule has 0 amide bonds. The van der Waals surface area contributed by atoms with Gasteiger partial charge in [-0.25, -0.2) is 4.79 Å². The monoisotopic (exact) mass is 186 g/mol. The molecule has 0 N–H and O–H groups in total. The molecule has 0 aromatic rings. The third kappa shape index (κ3) is 5.00. The van der Waals surface area contributed by atoms with E-state index >= 15 is 0 Å². The van der Waals surface area contributed by atoms with Crippen LogP contribution in [-0.2, 0) is 19.1 Å². The molecule has 0 spiro atoms. The second kappa shape index (κ2) is 6.22. The normalized spacial score (nSPS) is 10.8. The van der Waals surface area contributed by atoms with Crippen LogP contribution in [0.1, 0.15) is 26.7 Å². The number of carbonyl (C=O) groups excluding carboxylic acids is 2. The summed E-state index contributed by atoms with van der Waals surface area (Å²) in [5.74, 6) is -1.17. The highest BCUT2D eigenvalue weighted by Crippen LogP contribution is 2.03. The lowest BCUT2D eigenvalue weighted by Crippen LogP contribution is -2.11. The van der Waals surface area contributed by atoms with Gasteiger partial charge in [0.15, 0.2) is 0 Å². The molecule has 0 unspecified atom stereocenters. The first-order valence-corrected chi connectivity index (χ1v) is 4.08. The smallest absolute Gasteiger partial charge is 0.373 e. The Labute approximate surface area is 77.5 Å². The number of carbonyl (C=O) groups is 2. The number of rotatable bonds is 4. The highest BCUT2D eigenvalue weighted by Gasteiger charge is 2.12. The third-order valence-corrected chi connectivity index (χ3v) is 1.26. The van der Waals surface area contributed by atoms with E-state index in [-0.39, 0.29) is 5.76 Å². The van der Waals surface area contributed by atoms with Gasteiger partial charge in [0.2, 0.25) is 5.76 Å². The molecule has 74 valence electrons. The first-order valence-electron chi connectivity index (χ1n) is 4.08. The van der Waals surface area contributed by atoms with E-state index in [2.05, 4.69) is 9.47 Å². The molecule has 0 saturated carbocycles. The number of hydrogen-bond donors (Lipinski definition) is 0. The van der Waals surface area contributed by atoms with E-state index < -0.39 is 11.9 Å². The van der Waals surface area contributed by atoms with Crippen LogP contribution in [0.2, 0.25) is 0 Å². The standard InChI is InChI=1S/C9H14O4/c1-4-5-6-8(9(11)12-3)13-7(2)10/h6H,4-5H2,1-3H3. The van der Waals surface area contributed by atoms with Gasteiger partial charge >= 0.3 is 11.9 Å². The summed E-state index contributed by atoms with van der Waals surface area (Å²) in [6, 6.07) is 0. The Bertz CT molecular complexity index is 218. The van der Waals surface area contributed by atoms with Gasteiger partial charge in [-0.05, 0) is 12.5 Å². The second-order valence-corrected chi connectivity index (χ2v) is 2.44. The molecule has 0 aliphatic heterocycles. The van der Waals surface area contributed by atoms with Gasteiger partial charge in [-0.2, -0.15) is 0 Å². The maximum absolute atomic E-state index is 11.0. The molecule has 0 radical (unpaired) electrons. The van der Waals surface area contributed by atoms with Crippen LogP contribution in [0.25, 0.3) is 0 Å². The molecule has 0 aliphatic carbocycles. The SMILES string of the molecule is CCCC=C(OC(C)=O)C(=O)OC. The van der Waals surface area contributed by atoms with Crippen LogP contribution in [0.3, 0.4) is 0 Å². The second-order valence-electron chi connectivity index (χ2n) is 2.44. The molecule has 0 aliphatic rings. The van der Waals surface area contributed by atoms with Crippen LogP contribution in [0.15, 0.2) is 11.8 Å². The Hall–Kier alpha value is -1.32. The van der Waals surface area contributed by atoms with Crippen molar-refractivity contribution in [1.82, 2.24) is 0 Å². The van der Waals surface area contributed by atoms with Crippen LogP contribution in [0.5, 0.6) is 0 Å². The van der Waals surface area contributed by atoms with Gasteiger partial charge in [-0.1, -0.05) is 13.3 Å². The summed E-state index contributed by atoms with van der Waals surface area (Å²) in [5.41, 5.74) is 0. The lowest BCUT2D eigenvalue weighted by atomic mass is 10.3. The Morgan fingerprint density at radius 3 is 2.38 bits per heavy atom. The summed E-state index contributed by atoms with van der Waals surface area (Å²) >= 11 is 0. The molecular weight excluding hydrogens is 172 g/mol. The molecule has 13 heavy (non-hydrogen) atoms. The average Bonchev–Trinajstić information content (AvgIpc) is 2.10. The molecule has 0 heterocycles. The predicted molar refractivity (Wildman–Crippen MR) is 46.8 cm³/mol. The minimum absolute atomic E-state index is 0.0307. The largest absolute Gasteiger partial charge is 0.463 e. The average molecular weight is 186 g/mol. The zero-order valence-electron chi connectivity index (χ0n) is 8.12. The van der Waals surface area contributed by atoms with E-state index in [0.29, 0.717) is 6.42 Å². The third-order valence-electron chi connectivity index (χ3n) is 1.26. The van der Waals surface area contributed by atoms with Crippen molar-refractivity contribution in [2.75, 3.05) is 7.11 Å². The molecular formula is C9H14O4. The fraction of sp³-hybridized carbons (Fsp3) is 0.556. The molecule has 0 aromatic carbocycles. The van der Waals surface area contributed by atoms with Gasteiger partial charge < -0.3 is 9.47 Å². The first kappa shape index (κ1) is 11.7. The zero-order chi connectivity index (χ0) is 10.3. The van der Waals surface area contributed by atoms with Crippen molar-refractivity contribution >= 4 is 11.9 Å². The Balaban J connectivity index is 4.35. The lowest BCUT2D eigenvalue weighted by molar-refractivity contribution is -0.148. The van der Waals surface area contributed by atoms with E-state index in [1.807, 2.05) is 6.92 Å². The molecule has 4 nitrogen and oxygen atoms in total. The summed E-state index contributed by atoms with van der Waals surface area (Å²) in [7, 11) is 1.24. The minimum Gasteiger partial charge on any atom is -0.463 e. The lowest BCUT2D eigenvalue weighted by Gasteiger charge is -2.03. The molecule has 0 fully saturated rings. The number of methoxy groups -OCH3 is 1. The van der Waals surface area contributed by atoms with Crippen molar-refractivity contribution in [1.29, 1.82) is 0 Å². The van der Waals surface area contributed by atoms with Gasteiger partial charge in [0, 0.05) is 6.92 Å². The summed E-state index contributed by atoms with van der Waals surface area (Å²) in [6.45, 7) is 3.20. The molecule has 0 saturated heterocycles. The molecule has 4 heteroatoms. The van der Waals surface area contributed by atoms with Gasteiger partial charge in [0.1, 0.15) is 0 Å². The maximum Gasteiger partial charge on any atom is 0.373 e. The summed E-state index contributed by atoms with van der Waals surface area (Å²) in [5, 5.41) is 0. The molecule has 0 rings (SSSR count).